The first-order valence-corrected chi connectivity index (χ1v) is 5.55. The maximum absolute atomic E-state index is 11.7. The molecule has 1 saturated heterocycles. The van der Waals surface area contributed by atoms with Crippen LogP contribution in [-0.2, 0) is 4.79 Å². The number of aliphatic hydroxyl groups excluding tert-OH is 1. The van der Waals surface area contributed by atoms with Crippen molar-refractivity contribution in [2.24, 2.45) is 0 Å². The second kappa shape index (κ2) is 4.49. The minimum Gasteiger partial charge on any atom is -0.394 e. The van der Waals surface area contributed by atoms with Crippen molar-refractivity contribution in [1.29, 1.82) is 0 Å². The first-order valence-electron chi connectivity index (χ1n) is 5.55. The maximum Gasteiger partial charge on any atom is 0.239 e. The van der Waals surface area contributed by atoms with Gasteiger partial charge < -0.3 is 10.4 Å². The summed E-state index contributed by atoms with van der Waals surface area (Å²) >= 11 is 0. The summed E-state index contributed by atoms with van der Waals surface area (Å²) in [5, 5.41) is 12.2. The predicted octanol–water partition coefficient (Wildman–Crippen LogP) is 0.356. The Morgan fingerprint density at radius 3 is 2.60 bits per heavy atom. The Labute approximate surface area is 91.6 Å². The van der Waals surface area contributed by atoms with Gasteiger partial charge in [-0.25, -0.2) is 0 Å². The van der Waals surface area contributed by atoms with Crippen LogP contribution in [0.2, 0.25) is 0 Å². The molecule has 15 heavy (non-hydrogen) atoms. The van der Waals surface area contributed by atoms with E-state index in [9.17, 15) is 9.90 Å². The minimum absolute atomic E-state index is 0.0585. The van der Waals surface area contributed by atoms with E-state index in [1.54, 1.807) is 0 Å². The fraction of sp³-hybridized carbons (Fsp3) is 0.909. The summed E-state index contributed by atoms with van der Waals surface area (Å²) in [6.07, 6.45) is 0.930. The quantitative estimate of drug-likeness (QED) is 0.662. The van der Waals surface area contributed by atoms with E-state index in [1.165, 1.54) is 0 Å². The molecule has 0 bridgehead atoms. The van der Waals surface area contributed by atoms with Gasteiger partial charge in [-0.05, 0) is 34.1 Å². The van der Waals surface area contributed by atoms with Crippen molar-refractivity contribution in [1.82, 2.24) is 10.2 Å². The lowest BCUT2D eigenvalue weighted by atomic mass is 9.99. The summed E-state index contributed by atoms with van der Waals surface area (Å²) in [6, 6.07) is -0.108. The highest BCUT2D eigenvalue weighted by Crippen LogP contribution is 2.23. The van der Waals surface area contributed by atoms with Crippen LogP contribution in [0.5, 0.6) is 0 Å². The van der Waals surface area contributed by atoms with E-state index in [0.29, 0.717) is 12.6 Å². The number of aliphatic hydroxyl groups is 1. The van der Waals surface area contributed by atoms with Crippen LogP contribution < -0.4 is 5.32 Å². The Morgan fingerprint density at radius 1 is 1.53 bits per heavy atom. The number of rotatable bonds is 1. The zero-order chi connectivity index (χ0) is 11.6. The summed E-state index contributed by atoms with van der Waals surface area (Å²) in [7, 11) is 0. The van der Waals surface area contributed by atoms with E-state index in [2.05, 4.69) is 37.9 Å². The first kappa shape index (κ1) is 12.5. The van der Waals surface area contributed by atoms with E-state index in [-0.39, 0.29) is 18.1 Å². The van der Waals surface area contributed by atoms with Crippen molar-refractivity contribution in [2.75, 3.05) is 13.2 Å². The number of nitrogens with zero attached hydrogens (tertiary/aromatic N) is 1. The second-order valence-corrected chi connectivity index (χ2v) is 5.21. The molecule has 1 aliphatic heterocycles. The molecule has 1 aliphatic rings. The average Bonchev–Trinajstić information content (AvgIpc) is 2.23. The van der Waals surface area contributed by atoms with Crippen LogP contribution in [0.3, 0.4) is 0 Å². The summed E-state index contributed by atoms with van der Waals surface area (Å²) in [4.78, 5) is 13.8. The number of carbonyl (C=O) groups excluding carboxylic acids is 1. The Hall–Kier alpha value is -0.610. The Bertz CT molecular complexity index is 235. The molecule has 0 saturated carbocycles. The lowest BCUT2D eigenvalue weighted by Crippen LogP contribution is -2.57. The molecule has 0 spiro atoms. The van der Waals surface area contributed by atoms with Gasteiger partial charge in [0.05, 0.1) is 6.61 Å². The number of carbonyl (C=O) groups is 1. The van der Waals surface area contributed by atoms with Crippen molar-refractivity contribution in [3.05, 3.63) is 0 Å². The summed E-state index contributed by atoms with van der Waals surface area (Å²) < 4.78 is 0. The number of hydrogen-bond donors (Lipinski definition) is 2. The molecule has 4 heteroatoms. The maximum atomic E-state index is 11.7. The van der Waals surface area contributed by atoms with E-state index in [1.807, 2.05) is 0 Å². The SMILES string of the molecule is CC1CCNC(=O)C(CO)N1C(C)(C)C. The molecule has 0 radical (unpaired) electrons. The van der Waals surface area contributed by atoms with Crippen molar-refractivity contribution in [2.45, 2.75) is 51.7 Å². The molecule has 1 rings (SSSR count). The van der Waals surface area contributed by atoms with Crippen LogP contribution in [0.1, 0.15) is 34.1 Å². The molecule has 2 N–H and O–H groups in total. The molecule has 1 amide bonds. The van der Waals surface area contributed by atoms with Crippen LogP contribution in [0.25, 0.3) is 0 Å². The fourth-order valence-corrected chi connectivity index (χ4v) is 2.39. The normalized spacial score (nSPS) is 29.8. The molecule has 2 unspecified atom stereocenters. The minimum atomic E-state index is -0.414. The fourth-order valence-electron chi connectivity index (χ4n) is 2.39. The molecule has 4 nitrogen and oxygen atoms in total. The smallest absolute Gasteiger partial charge is 0.239 e. The Balaban J connectivity index is 2.97. The van der Waals surface area contributed by atoms with Gasteiger partial charge in [0.25, 0.3) is 0 Å². The highest BCUT2D eigenvalue weighted by Gasteiger charge is 2.37. The van der Waals surface area contributed by atoms with Crippen LogP contribution in [-0.4, -0.2) is 46.7 Å². The topological polar surface area (TPSA) is 52.6 Å². The van der Waals surface area contributed by atoms with Gasteiger partial charge in [-0.2, -0.15) is 0 Å². The van der Waals surface area contributed by atoms with Gasteiger partial charge in [-0.1, -0.05) is 0 Å². The lowest BCUT2D eigenvalue weighted by molar-refractivity contribution is -0.130. The number of hydrogen-bond acceptors (Lipinski definition) is 3. The van der Waals surface area contributed by atoms with Crippen LogP contribution >= 0.6 is 0 Å². The van der Waals surface area contributed by atoms with Crippen molar-refractivity contribution < 1.29 is 9.90 Å². The van der Waals surface area contributed by atoms with Crippen LogP contribution in [0.15, 0.2) is 0 Å². The third kappa shape index (κ3) is 2.69. The largest absolute Gasteiger partial charge is 0.394 e. The summed E-state index contributed by atoms with van der Waals surface area (Å²) in [5.74, 6) is -0.0585. The molecular formula is C11H22N2O2. The van der Waals surface area contributed by atoms with E-state index < -0.39 is 6.04 Å². The standard InChI is InChI=1S/C11H22N2O2/c1-8-5-6-12-10(15)9(7-14)13(8)11(2,3)4/h8-9,14H,5-7H2,1-4H3,(H,12,15). The molecule has 2 atom stereocenters. The molecule has 0 aromatic rings. The molecular weight excluding hydrogens is 192 g/mol. The van der Waals surface area contributed by atoms with E-state index in [4.69, 9.17) is 0 Å². The van der Waals surface area contributed by atoms with Crippen molar-refractivity contribution in [3.8, 4) is 0 Å². The molecule has 0 aromatic carbocycles. The third-order valence-corrected chi connectivity index (χ3v) is 2.92. The van der Waals surface area contributed by atoms with Gasteiger partial charge in [0, 0.05) is 18.1 Å². The third-order valence-electron chi connectivity index (χ3n) is 2.92. The zero-order valence-electron chi connectivity index (χ0n) is 10.1. The van der Waals surface area contributed by atoms with Gasteiger partial charge >= 0.3 is 0 Å². The van der Waals surface area contributed by atoms with Gasteiger partial charge in [-0.3, -0.25) is 9.69 Å². The zero-order valence-corrected chi connectivity index (χ0v) is 10.1. The summed E-state index contributed by atoms with van der Waals surface area (Å²) in [5.41, 5.74) is -0.103. The van der Waals surface area contributed by atoms with Crippen molar-refractivity contribution in [3.63, 3.8) is 0 Å². The van der Waals surface area contributed by atoms with Gasteiger partial charge in [-0.15, -0.1) is 0 Å². The van der Waals surface area contributed by atoms with Gasteiger partial charge in [0.2, 0.25) is 5.91 Å². The molecule has 88 valence electrons. The van der Waals surface area contributed by atoms with Crippen LogP contribution in [0, 0.1) is 0 Å². The molecule has 1 heterocycles. The highest BCUT2D eigenvalue weighted by atomic mass is 16.3. The van der Waals surface area contributed by atoms with E-state index in [0.717, 1.165) is 6.42 Å². The van der Waals surface area contributed by atoms with Gasteiger partial charge in [0.15, 0.2) is 0 Å². The highest BCUT2D eigenvalue weighted by molar-refractivity contribution is 5.82. The Kier molecular flexibility index (Phi) is 3.73. The van der Waals surface area contributed by atoms with Gasteiger partial charge in [0.1, 0.15) is 6.04 Å². The lowest BCUT2D eigenvalue weighted by Gasteiger charge is -2.42. The molecule has 1 fully saturated rings. The average molecular weight is 214 g/mol. The van der Waals surface area contributed by atoms with Crippen LogP contribution in [0.4, 0.5) is 0 Å². The number of nitrogens with one attached hydrogen (secondary N) is 1. The Morgan fingerprint density at radius 2 is 2.13 bits per heavy atom. The van der Waals surface area contributed by atoms with E-state index >= 15 is 0 Å². The second-order valence-electron chi connectivity index (χ2n) is 5.21. The molecule has 0 aromatic heterocycles. The predicted molar refractivity (Wildman–Crippen MR) is 59.6 cm³/mol. The summed E-state index contributed by atoms with van der Waals surface area (Å²) in [6.45, 7) is 8.91. The first-order chi connectivity index (χ1) is 6.88. The van der Waals surface area contributed by atoms with Crippen molar-refractivity contribution >= 4 is 5.91 Å². The number of amides is 1. The monoisotopic (exact) mass is 214 g/mol. The molecule has 0 aliphatic carbocycles.